The molecule has 98 valence electrons. The number of carbonyl (C=O) groups excluding carboxylic acids is 1. The molecule has 0 saturated carbocycles. The van der Waals surface area contributed by atoms with Crippen LogP contribution in [-0.4, -0.2) is 19.7 Å². The maximum absolute atomic E-state index is 11.2. The van der Waals surface area contributed by atoms with Gasteiger partial charge in [0.25, 0.3) is 0 Å². The number of carbonyl (C=O) groups is 1. The molecule has 0 saturated heterocycles. The molecule has 0 bridgehead atoms. The third kappa shape index (κ3) is 5.04. The summed E-state index contributed by atoms with van der Waals surface area (Å²) in [4.78, 5) is 11.2. The highest BCUT2D eigenvalue weighted by Gasteiger charge is 2.02. The van der Waals surface area contributed by atoms with Crippen LogP contribution in [0, 0.1) is 5.92 Å². The van der Waals surface area contributed by atoms with Gasteiger partial charge in [0, 0.05) is 6.08 Å². The van der Waals surface area contributed by atoms with Crippen molar-refractivity contribution in [2.45, 2.75) is 20.3 Å². The maximum atomic E-state index is 11.2. The maximum Gasteiger partial charge on any atom is 0.330 e. The molecular weight excluding hydrogens is 228 g/mol. The van der Waals surface area contributed by atoms with Crippen molar-refractivity contribution in [3.63, 3.8) is 0 Å². The molecule has 3 nitrogen and oxygen atoms in total. The summed E-state index contributed by atoms with van der Waals surface area (Å²) in [5.41, 5.74) is 1.22. The van der Waals surface area contributed by atoms with Crippen molar-refractivity contribution in [1.29, 1.82) is 0 Å². The Hall–Kier alpha value is -1.77. The molecule has 0 aliphatic heterocycles. The van der Waals surface area contributed by atoms with Crippen LogP contribution in [0.2, 0.25) is 0 Å². The number of ether oxygens (including phenoxy) is 2. The number of hydrogen-bond acceptors (Lipinski definition) is 3. The first kappa shape index (κ1) is 14.3. The lowest BCUT2D eigenvalue weighted by atomic mass is 10.0. The Labute approximate surface area is 108 Å². The zero-order chi connectivity index (χ0) is 13.4. The van der Waals surface area contributed by atoms with Crippen LogP contribution in [0.4, 0.5) is 0 Å². The Morgan fingerprint density at radius 3 is 2.56 bits per heavy atom. The predicted molar refractivity (Wildman–Crippen MR) is 71.6 cm³/mol. The molecule has 1 aromatic rings. The van der Waals surface area contributed by atoms with Crippen LogP contribution in [0.1, 0.15) is 19.4 Å². The normalized spacial score (nSPS) is 12.4. The third-order valence-electron chi connectivity index (χ3n) is 2.56. The fourth-order valence-electron chi connectivity index (χ4n) is 1.63. The molecule has 0 amide bonds. The van der Waals surface area contributed by atoms with Gasteiger partial charge in [0.2, 0.25) is 0 Å². The Kier molecular flexibility index (Phi) is 5.98. The highest BCUT2D eigenvalue weighted by molar-refractivity contribution is 5.81. The summed E-state index contributed by atoms with van der Waals surface area (Å²) >= 11 is 0. The Bertz CT molecular complexity index is 393. The van der Waals surface area contributed by atoms with Crippen molar-refractivity contribution >= 4 is 5.97 Å². The van der Waals surface area contributed by atoms with E-state index in [1.54, 1.807) is 14.0 Å². The first-order valence-electron chi connectivity index (χ1n) is 6.13. The van der Waals surface area contributed by atoms with Gasteiger partial charge in [0.1, 0.15) is 5.75 Å². The highest BCUT2D eigenvalue weighted by atomic mass is 16.5. The minimum absolute atomic E-state index is 0.279. The van der Waals surface area contributed by atoms with Crippen molar-refractivity contribution in [2.75, 3.05) is 13.7 Å². The molecule has 1 aromatic carbocycles. The van der Waals surface area contributed by atoms with Crippen molar-refractivity contribution in [3.8, 4) is 5.75 Å². The summed E-state index contributed by atoms with van der Waals surface area (Å²) in [5, 5.41) is 0. The van der Waals surface area contributed by atoms with Gasteiger partial charge < -0.3 is 9.47 Å². The molecular formula is C15H20O3. The monoisotopic (exact) mass is 248 g/mol. The van der Waals surface area contributed by atoms with Crippen molar-refractivity contribution < 1.29 is 14.3 Å². The van der Waals surface area contributed by atoms with Crippen LogP contribution >= 0.6 is 0 Å². The average molecular weight is 248 g/mol. The van der Waals surface area contributed by atoms with Gasteiger partial charge in [-0.1, -0.05) is 25.1 Å². The molecule has 18 heavy (non-hydrogen) atoms. The molecule has 1 unspecified atom stereocenters. The molecule has 3 heteroatoms. The molecule has 0 fully saturated rings. The first-order chi connectivity index (χ1) is 8.65. The Morgan fingerprint density at radius 2 is 2.00 bits per heavy atom. The second kappa shape index (κ2) is 7.54. The fourth-order valence-corrected chi connectivity index (χ4v) is 1.63. The summed E-state index contributed by atoms with van der Waals surface area (Å²) in [6, 6.07) is 7.95. The summed E-state index contributed by atoms with van der Waals surface area (Å²) in [7, 11) is 1.65. The summed E-state index contributed by atoms with van der Waals surface area (Å²) in [6.45, 7) is 4.28. The van der Waals surface area contributed by atoms with Gasteiger partial charge in [0.05, 0.1) is 13.7 Å². The summed E-state index contributed by atoms with van der Waals surface area (Å²) in [5.74, 6) is 0.871. The van der Waals surface area contributed by atoms with Crippen LogP contribution in [0.5, 0.6) is 5.75 Å². The van der Waals surface area contributed by atoms with E-state index >= 15 is 0 Å². The molecule has 0 N–H and O–H groups in total. The van der Waals surface area contributed by atoms with Crippen LogP contribution in [-0.2, 0) is 16.0 Å². The number of hydrogen-bond donors (Lipinski definition) is 0. The zero-order valence-corrected chi connectivity index (χ0v) is 11.2. The second-order valence-electron chi connectivity index (χ2n) is 4.14. The highest BCUT2D eigenvalue weighted by Crippen LogP contribution is 2.15. The molecule has 0 spiro atoms. The fraction of sp³-hybridized carbons (Fsp3) is 0.400. The number of benzene rings is 1. The molecule has 0 aromatic heterocycles. The SMILES string of the molecule is CCOC(=O)/C=C/C(C)Cc1ccc(OC)cc1. The lowest BCUT2D eigenvalue weighted by molar-refractivity contribution is -0.137. The van der Waals surface area contributed by atoms with Gasteiger partial charge >= 0.3 is 5.97 Å². The van der Waals surface area contributed by atoms with Gasteiger partial charge in [-0.15, -0.1) is 0 Å². The third-order valence-corrected chi connectivity index (χ3v) is 2.56. The van der Waals surface area contributed by atoms with Crippen molar-refractivity contribution in [1.82, 2.24) is 0 Å². The van der Waals surface area contributed by atoms with Crippen molar-refractivity contribution in [3.05, 3.63) is 42.0 Å². The van der Waals surface area contributed by atoms with E-state index in [4.69, 9.17) is 9.47 Å². The second-order valence-corrected chi connectivity index (χ2v) is 4.14. The topological polar surface area (TPSA) is 35.5 Å². The number of rotatable bonds is 6. The average Bonchev–Trinajstić information content (AvgIpc) is 2.38. The van der Waals surface area contributed by atoms with E-state index in [9.17, 15) is 4.79 Å². The lowest BCUT2D eigenvalue weighted by Gasteiger charge is -2.07. The van der Waals surface area contributed by atoms with Gasteiger partial charge in [-0.2, -0.15) is 0 Å². The standard InChI is InChI=1S/C15H20O3/c1-4-18-15(16)10-5-12(2)11-13-6-8-14(17-3)9-7-13/h5-10,12H,4,11H2,1-3H3/b10-5+. The zero-order valence-electron chi connectivity index (χ0n) is 11.2. The molecule has 1 rings (SSSR count). The molecule has 1 atom stereocenters. The summed E-state index contributed by atoms with van der Waals surface area (Å²) < 4.78 is 9.94. The number of allylic oxidation sites excluding steroid dienone is 1. The molecule has 0 radical (unpaired) electrons. The largest absolute Gasteiger partial charge is 0.497 e. The summed E-state index contributed by atoms with van der Waals surface area (Å²) in [6.07, 6.45) is 4.26. The van der Waals surface area contributed by atoms with E-state index in [0.29, 0.717) is 12.5 Å². The van der Waals surface area contributed by atoms with Crippen LogP contribution in [0.15, 0.2) is 36.4 Å². The van der Waals surface area contributed by atoms with Gasteiger partial charge in [-0.25, -0.2) is 4.79 Å². The minimum Gasteiger partial charge on any atom is -0.497 e. The predicted octanol–water partition coefficient (Wildman–Crippen LogP) is 2.99. The van der Waals surface area contributed by atoms with E-state index in [1.807, 2.05) is 30.3 Å². The van der Waals surface area contributed by atoms with E-state index in [-0.39, 0.29) is 5.97 Å². The Balaban J connectivity index is 2.48. The molecule has 0 heterocycles. The van der Waals surface area contributed by atoms with E-state index < -0.39 is 0 Å². The van der Waals surface area contributed by atoms with E-state index in [2.05, 4.69) is 6.92 Å². The quantitative estimate of drug-likeness (QED) is 0.573. The molecule has 0 aliphatic carbocycles. The van der Waals surface area contributed by atoms with E-state index in [0.717, 1.165) is 12.2 Å². The molecule has 0 aliphatic rings. The number of esters is 1. The van der Waals surface area contributed by atoms with Crippen LogP contribution < -0.4 is 4.74 Å². The van der Waals surface area contributed by atoms with E-state index in [1.165, 1.54) is 11.6 Å². The van der Waals surface area contributed by atoms with Crippen molar-refractivity contribution in [2.24, 2.45) is 5.92 Å². The Morgan fingerprint density at radius 1 is 1.33 bits per heavy atom. The van der Waals surface area contributed by atoms with Crippen LogP contribution in [0.3, 0.4) is 0 Å². The first-order valence-corrected chi connectivity index (χ1v) is 6.13. The minimum atomic E-state index is -0.279. The van der Waals surface area contributed by atoms with Crippen LogP contribution in [0.25, 0.3) is 0 Å². The smallest absolute Gasteiger partial charge is 0.330 e. The van der Waals surface area contributed by atoms with Gasteiger partial charge in [0.15, 0.2) is 0 Å². The lowest BCUT2D eigenvalue weighted by Crippen LogP contribution is -2.02. The number of methoxy groups -OCH3 is 1. The van der Waals surface area contributed by atoms with Gasteiger partial charge in [-0.3, -0.25) is 0 Å². The van der Waals surface area contributed by atoms with Gasteiger partial charge in [-0.05, 0) is 37.0 Å².